The van der Waals surface area contributed by atoms with Gasteiger partial charge >= 0.3 is 5.97 Å². The Morgan fingerprint density at radius 2 is 1.82 bits per heavy atom. The van der Waals surface area contributed by atoms with Crippen LogP contribution in [0.15, 0.2) is 54.7 Å². The highest BCUT2D eigenvalue weighted by Crippen LogP contribution is 2.26. The second-order valence-corrected chi connectivity index (χ2v) is 5.96. The summed E-state index contributed by atoms with van der Waals surface area (Å²) in [7, 11) is 1.23. The number of phenols is 2. The van der Waals surface area contributed by atoms with Crippen molar-refractivity contribution in [2.24, 2.45) is 0 Å². The van der Waals surface area contributed by atoms with Crippen molar-refractivity contribution >= 4 is 22.8 Å². The average molecular weight is 382 g/mol. The van der Waals surface area contributed by atoms with Crippen LogP contribution in [0.5, 0.6) is 11.5 Å². The van der Waals surface area contributed by atoms with Crippen molar-refractivity contribution < 1.29 is 24.5 Å². The maximum atomic E-state index is 12.6. The number of amides is 1. The molecule has 1 aromatic heterocycles. The number of rotatable bonds is 5. The molecule has 1 heterocycles. The number of nitrogens with zero attached hydrogens (tertiary/aromatic N) is 1. The molecule has 0 saturated carbocycles. The van der Waals surface area contributed by atoms with E-state index >= 15 is 0 Å². The molecule has 0 bridgehead atoms. The number of aromatic nitrogens is 1. The van der Waals surface area contributed by atoms with E-state index in [1.165, 1.54) is 31.5 Å². The first-order chi connectivity index (χ1) is 13.0. The van der Waals surface area contributed by atoms with Crippen molar-refractivity contribution in [3.63, 3.8) is 0 Å². The zero-order chi connectivity index (χ0) is 19.4. The zero-order valence-corrected chi connectivity index (χ0v) is 14.5. The van der Waals surface area contributed by atoms with Crippen LogP contribution in [-0.4, -0.2) is 40.2 Å². The van der Waals surface area contributed by atoms with Gasteiger partial charge in [0.25, 0.3) is 5.91 Å². The molecule has 0 radical (unpaired) electrons. The molecule has 7 nitrogen and oxygen atoms in total. The zero-order valence-electron chi connectivity index (χ0n) is 14.5. The second kappa shape index (κ2) is 8.85. The summed E-state index contributed by atoms with van der Waals surface area (Å²) >= 11 is 0. The number of pyridine rings is 1. The molecule has 1 amide bonds. The first-order valence-electron chi connectivity index (χ1n) is 8.23. The van der Waals surface area contributed by atoms with Crippen LogP contribution in [-0.2, 0) is 16.0 Å². The van der Waals surface area contributed by atoms with Gasteiger partial charge in [-0.25, -0.2) is 4.79 Å². The lowest BCUT2D eigenvalue weighted by atomic mass is 10.0. The highest BCUT2D eigenvalue weighted by atomic mass is 16.5. The van der Waals surface area contributed by atoms with Gasteiger partial charge in [0, 0.05) is 18.0 Å². The SMILES string of the molecule is C.COC(=O)C(Cc1ccc(O)cc1)NC(=O)c1ccc2cccnc2c1O. The second-order valence-electron chi connectivity index (χ2n) is 5.96. The van der Waals surface area contributed by atoms with Gasteiger partial charge in [0.15, 0.2) is 5.75 Å². The largest absolute Gasteiger partial charge is 0.508 e. The van der Waals surface area contributed by atoms with Crippen molar-refractivity contribution in [1.29, 1.82) is 0 Å². The lowest BCUT2D eigenvalue weighted by Crippen LogP contribution is -2.43. The number of esters is 1. The van der Waals surface area contributed by atoms with Gasteiger partial charge in [0.1, 0.15) is 17.3 Å². The minimum Gasteiger partial charge on any atom is -0.508 e. The van der Waals surface area contributed by atoms with Gasteiger partial charge in [-0.15, -0.1) is 0 Å². The van der Waals surface area contributed by atoms with Crippen LogP contribution in [0.3, 0.4) is 0 Å². The maximum Gasteiger partial charge on any atom is 0.328 e. The molecule has 0 spiro atoms. The van der Waals surface area contributed by atoms with Gasteiger partial charge in [-0.1, -0.05) is 31.7 Å². The lowest BCUT2D eigenvalue weighted by Gasteiger charge is -2.17. The fourth-order valence-electron chi connectivity index (χ4n) is 2.75. The van der Waals surface area contributed by atoms with Crippen molar-refractivity contribution in [3.8, 4) is 11.5 Å². The van der Waals surface area contributed by atoms with Crippen LogP contribution in [0, 0.1) is 0 Å². The van der Waals surface area contributed by atoms with E-state index in [-0.39, 0.29) is 30.9 Å². The summed E-state index contributed by atoms with van der Waals surface area (Å²) in [4.78, 5) is 28.8. The van der Waals surface area contributed by atoms with Crippen LogP contribution in [0.1, 0.15) is 23.3 Å². The molecule has 7 heteroatoms. The maximum absolute atomic E-state index is 12.6. The third kappa shape index (κ3) is 4.37. The highest BCUT2D eigenvalue weighted by molar-refractivity contribution is 6.03. The number of methoxy groups -OCH3 is 1. The van der Waals surface area contributed by atoms with E-state index < -0.39 is 17.9 Å². The molecule has 3 aromatic rings. The number of benzene rings is 2. The van der Waals surface area contributed by atoms with E-state index in [2.05, 4.69) is 10.3 Å². The normalized spacial score (nSPS) is 11.3. The molecule has 3 rings (SSSR count). The van der Waals surface area contributed by atoms with Crippen molar-refractivity contribution in [1.82, 2.24) is 10.3 Å². The molecule has 1 atom stereocenters. The number of nitrogens with one attached hydrogen (secondary N) is 1. The smallest absolute Gasteiger partial charge is 0.328 e. The van der Waals surface area contributed by atoms with E-state index in [1.54, 1.807) is 30.3 Å². The van der Waals surface area contributed by atoms with E-state index in [9.17, 15) is 19.8 Å². The van der Waals surface area contributed by atoms with Crippen LogP contribution in [0.2, 0.25) is 0 Å². The predicted molar refractivity (Wildman–Crippen MR) is 105 cm³/mol. The average Bonchev–Trinajstić information content (AvgIpc) is 2.69. The Labute approximate surface area is 162 Å². The number of aromatic hydroxyl groups is 2. The van der Waals surface area contributed by atoms with Gasteiger partial charge in [-0.2, -0.15) is 0 Å². The Balaban J connectivity index is 0.00000280. The Morgan fingerprint density at radius 3 is 2.50 bits per heavy atom. The molecule has 3 N–H and O–H groups in total. The molecule has 0 aliphatic heterocycles. The van der Waals surface area contributed by atoms with E-state index in [0.29, 0.717) is 10.9 Å². The summed E-state index contributed by atoms with van der Waals surface area (Å²) in [5.74, 6) is -1.38. The molecule has 0 aliphatic carbocycles. The van der Waals surface area contributed by atoms with Crippen LogP contribution in [0.4, 0.5) is 0 Å². The summed E-state index contributed by atoms with van der Waals surface area (Å²) in [5, 5.41) is 23.0. The predicted octanol–water partition coefficient (Wildman–Crippen LogP) is 2.80. The molecule has 1 unspecified atom stereocenters. The summed E-state index contributed by atoms with van der Waals surface area (Å²) in [6, 6.07) is 12.0. The quantitative estimate of drug-likeness (QED) is 0.586. The van der Waals surface area contributed by atoms with Crippen LogP contribution in [0.25, 0.3) is 10.9 Å². The Hall–Kier alpha value is -3.61. The number of fused-ring (bicyclic) bond motifs is 1. The number of hydrogen-bond acceptors (Lipinski definition) is 6. The number of ether oxygens (including phenoxy) is 1. The van der Waals surface area contributed by atoms with Gasteiger partial charge in [0.05, 0.1) is 12.7 Å². The first kappa shape index (κ1) is 20.7. The third-order valence-electron chi connectivity index (χ3n) is 4.16. The molecule has 2 aromatic carbocycles. The van der Waals surface area contributed by atoms with E-state index in [4.69, 9.17) is 4.74 Å². The molecular formula is C21H22N2O5. The Morgan fingerprint density at radius 1 is 1.11 bits per heavy atom. The number of hydrogen-bond donors (Lipinski definition) is 3. The van der Waals surface area contributed by atoms with E-state index in [0.717, 1.165) is 5.56 Å². The minimum absolute atomic E-state index is 0. The van der Waals surface area contributed by atoms with Gasteiger partial charge in [0.2, 0.25) is 0 Å². The lowest BCUT2D eigenvalue weighted by molar-refractivity contribution is -0.142. The molecule has 146 valence electrons. The summed E-state index contributed by atoms with van der Waals surface area (Å²) in [6.45, 7) is 0. The molecular weight excluding hydrogens is 360 g/mol. The third-order valence-corrected chi connectivity index (χ3v) is 4.16. The Kier molecular flexibility index (Phi) is 6.55. The highest BCUT2D eigenvalue weighted by Gasteiger charge is 2.24. The standard InChI is InChI=1S/C20H18N2O5.CH4/c1-27-20(26)16(11-12-4-7-14(23)8-5-12)22-19(25)15-9-6-13-3-2-10-21-17(13)18(15)24;/h2-10,16,23-24H,11H2,1H3,(H,22,25);1H4. The van der Waals surface area contributed by atoms with Crippen molar-refractivity contribution in [3.05, 3.63) is 65.9 Å². The monoisotopic (exact) mass is 382 g/mol. The molecule has 0 fully saturated rings. The van der Waals surface area contributed by atoms with E-state index in [1.807, 2.05) is 0 Å². The summed E-state index contributed by atoms with van der Waals surface area (Å²) in [5.41, 5.74) is 1.05. The number of carbonyl (C=O) groups excluding carboxylic acids is 2. The van der Waals surface area contributed by atoms with Gasteiger partial charge < -0.3 is 20.3 Å². The van der Waals surface area contributed by atoms with Crippen molar-refractivity contribution in [2.75, 3.05) is 7.11 Å². The first-order valence-corrected chi connectivity index (χ1v) is 8.23. The summed E-state index contributed by atoms with van der Waals surface area (Å²) < 4.78 is 4.77. The van der Waals surface area contributed by atoms with Gasteiger partial charge in [-0.3, -0.25) is 9.78 Å². The fraction of sp³-hybridized carbons (Fsp3) is 0.190. The molecule has 28 heavy (non-hydrogen) atoms. The fourth-order valence-corrected chi connectivity index (χ4v) is 2.75. The topological polar surface area (TPSA) is 109 Å². The van der Waals surface area contributed by atoms with Crippen LogP contribution >= 0.6 is 0 Å². The Bertz CT molecular complexity index is 986. The van der Waals surface area contributed by atoms with Crippen molar-refractivity contribution in [2.45, 2.75) is 19.9 Å². The molecule has 0 aliphatic rings. The number of carbonyl (C=O) groups is 2. The van der Waals surface area contributed by atoms with Gasteiger partial charge in [-0.05, 0) is 29.8 Å². The summed E-state index contributed by atoms with van der Waals surface area (Å²) in [6.07, 6.45) is 1.69. The molecule has 0 saturated heterocycles. The minimum atomic E-state index is -0.953. The number of phenolic OH excluding ortho intramolecular Hbond substituents is 2. The van der Waals surface area contributed by atoms with Crippen LogP contribution < -0.4 is 5.32 Å².